The molecule has 76 valence electrons. The predicted octanol–water partition coefficient (Wildman–Crippen LogP) is 0.757. The second kappa shape index (κ2) is 4.61. The van der Waals surface area contributed by atoms with E-state index in [1.54, 1.807) is 0 Å². The van der Waals surface area contributed by atoms with Crippen LogP contribution < -0.4 is 10.6 Å². The number of hydrogen-bond acceptors (Lipinski definition) is 2. The van der Waals surface area contributed by atoms with Gasteiger partial charge in [-0.1, -0.05) is 13.8 Å². The number of carbonyl (C=O) groups is 1. The van der Waals surface area contributed by atoms with Crippen molar-refractivity contribution in [3.63, 3.8) is 0 Å². The molecule has 0 saturated carbocycles. The molecule has 3 heteroatoms. The Bertz CT molecular complexity index is 180. The van der Waals surface area contributed by atoms with Gasteiger partial charge in [0.2, 0.25) is 5.91 Å². The van der Waals surface area contributed by atoms with Crippen LogP contribution in [0.2, 0.25) is 0 Å². The van der Waals surface area contributed by atoms with E-state index in [2.05, 4.69) is 24.5 Å². The minimum Gasteiger partial charge on any atom is -0.353 e. The zero-order chi connectivity index (χ0) is 9.84. The molecule has 0 bridgehead atoms. The first-order chi connectivity index (χ1) is 6.15. The summed E-state index contributed by atoms with van der Waals surface area (Å²) >= 11 is 0. The van der Waals surface area contributed by atoms with Crippen molar-refractivity contribution in [1.82, 2.24) is 10.6 Å². The maximum absolute atomic E-state index is 11.1. The van der Waals surface area contributed by atoms with Crippen LogP contribution in [0.1, 0.15) is 26.7 Å². The van der Waals surface area contributed by atoms with Gasteiger partial charge < -0.3 is 10.6 Å². The molecule has 2 unspecified atom stereocenters. The summed E-state index contributed by atoms with van der Waals surface area (Å²) in [7, 11) is 1.96. The van der Waals surface area contributed by atoms with Crippen LogP contribution in [-0.2, 0) is 4.79 Å². The fraction of sp³-hybridized carbons (Fsp3) is 0.900. The topological polar surface area (TPSA) is 41.1 Å². The quantitative estimate of drug-likeness (QED) is 0.677. The van der Waals surface area contributed by atoms with E-state index in [9.17, 15) is 4.79 Å². The second-order valence-electron chi connectivity index (χ2n) is 4.18. The minimum atomic E-state index is 0.215. The van der Waals surface area contributed by atoms with Crippen LogP contribution in [0.25, 0.3) is 0 Å². The van der Waals surface area contributed by atoms with Crippen molar-refractivity contribution in [3.05, 3.63) is 0 Å². The summed E-state index contributed by atoms with van der Waals surface area (Å²) in [5.41, 5.74) is 0. The van der Waals surface area contributed by atoms with E-state index < -0.39 is 0 Å². The van der Waals surface area contributed by atoms with Crippen LogP contribution in [0.3, 0.4) is 0 Å². The van der Waals surface area contributed by atoms with Crippen LogP contribution in [0.5, 0.6) is 0 Å². The molecule has 0 aromatic heterocycles. The van der Waals surface area contributed by atoms with Gasteiger partial charge in [-0.2, -0.15) is 0 Å². The average Bonchev–Trinajstić information content (AvgIpc) is 2.46. The van der Waals surface area contributed by atoms with Gasteiger partial charge in [0.05, 0.1) is 0 Å². The molecule has 0 radical (unpaired) electrons. The monoisotopic (exact) mass is 184 g/mol. The first-order valence-electron chi connectivity index (χ1n) is 5.09. The molecule has 2 atom stereocenters. The SMILES string of the molecule is CNCC(C(C)C)C1CCC(=O)N1. The molecule has 2 N–H and O–H groups in total. The lowest BCUT2D eigenvalue weighted by Crippen LogP contribution is -2.40. The summed E-state index contributed by atoms with van der Waals surface area (Å²) in [6, 6.07) is 0.389. The van der Waals surface area contributed by atoms with Gasteiger partial charge in [-0.3, -0.25) is 4.79 Å². The Labute approximate surface area is 80.3 Å². The van der Waals surface area contributed by atoms with Crippen molar-refractivity contribution >= 4 is 5.91 Å². The van der Waals surface area contributed by atoms with Crippen LogP contribution in [-0.4, -0.2) is 25.5 Å². The molecule has 3 nitrogen and oxygen atoms in total. The minimum absolute atomic E-state index is 0.215. The Kier molecular flexibility index (Phi) is 3.72. The Balaban J connectivity index is 2.49. The Hall–Kier alpha value is -0.570. The number of nitrogens with one attached hydrogen (secondary N) is 2. The third-order valence-corrected chi connectivity index (χ3v) is 2.84. The predicted molar refractivity (Wildman–Crippen MR) is 53.4 cm³/mol. The van der Waals surface area contributed by atoms with E-state index in [1.807, 2.05) is 7.05 Å². The standard InChI is InChI=1S/C10H20N2O/c1-7(2)8(6-11-3)9-4-5-10(13)12-9/h7-9,11H,4-6H2,1-3H3,(H,12,13). The highest BCUT2D eigenvalue weighted by atomic mass is 16.1. The van der Waals surface area contributed by atoms with Crippen molar-refractivity contribution in [2.24, 2.45) is 11.8 Å². The second-order valence-corrected chi connectivity index (χ2v) is 4.18. The lowest BCUT2D eigenvalue weighted by atomic mass is 9.87. The number of carbonyl (C=O) groups excluding carboxylic acids is 1. The van der Waals surface area contributed by atoms with Gasteiger partial charge in [0, 0.05) is 12.5 Å². The normalized spacial score (nSPS) is 24.9. The van der Waals surface area contributed by atoms with Crippen molar-refractivity contribution in [1.29, 1.82) is 0 Å². The summed E-state index contributed by atoms with van der Waals surface area (Å²) < 4.78 is 0. The number of rotatable bonds is 4. The summed E-state index contributed by atoms with van der Waals surface area (Å²) in [5, 5.41) is 6.23. The zero-order valence-electron chi connectivity index (χ0n) is 8.76. The maximum Gasteiger partial charge on any atom is 0.220 e. The molecule has 1 saturated heterocycles. The largest absolute Gasteiger partial charge is 0.353 e. The molecule has 0 spiro atoms. The molecule has 1 aliphatic heterocycles. The molecular weight excluding hydrogens is 164 g/mol. The molecule has 1 fully saturated rings. The summed E-state index contributed by atoms with van der Waals surface area (Å²) in [6.07, 6.45) is 1.71. The molecule has 1 aliphatic rings. The fourth-order valence-electron chi connectivity index (χ4n) is 2.04. The molecule has 1 amide bonds. The average molecular weight is 184 g/mol. The number of hydrogen-bond donors (Lipinski definition) is 2. The molecule has 1 heterocycles. The lowest BCUT2D eigenvalue weighted by Gasteiger charge is -2.26. The summed E-state index contributed by atoms with van der Waals surface area (Å²) in [4.78, 5) is 11.1. The Morgan fingerprint density at radius 1 is 1.62 bits per heavy atom. The van der Waals surface area contributed by atoms with Gasteiger partial charge >= 0.3 is 0 Å². The van der Waals surface area contributed by atoms with Crippen molar-refractivity contribution in [3.8, 4) is 0 Å². The van der Waals surface area contributed by atoms with E-state index in [1.165, 1.54) is 0 Å². The highest BCUT2D eigenvalue weighted by Crippen LogP contribution is 2.21. The molecule has 13 heavy (non-hydrogen) atoms. The van der Waals surface area contributed by atoms with Crippen LogP contribution in [0.15, 0.2) is 0 Å². The third kappa shape index (κ3) is 2.69. The van der Waals surface area contributed by atoms with E-state index in [4.69, 9.17) is 0 Å². The molecule has 0 aromatic rings. The maximum atomic E-state index is 11.1. The van der Waals surface area contributed by atoms with Crippen LogP contribution in [0, 0.1) is 11.8 Å². The van der Waals surface area contributed by atoms with Gasteiger partial charge in [0.25, 0.3) is 0 Å². The number of amides is 1. The van der Waals surface area contributed by atoms with Gasteiger partial charge in [0.15, 0.2) is 0 Å². The van der Waals surface area contributed by atoms with E-state index >= 15 is 0 Å². The van der Waals surface area contributed by atoms with Crippen molar-refractivity contribution < 1.29 is 4.79 Å². The summed E-state index contributed by atoms with van der Waals surface area (Å²) in [5.74, 6) is 1.40. The lowest BCUT2D eigenvalue weighted by molar-refractivity contribution is -0.119. The van der Waals surface area contributed by atoms with E-state index in [0.29, 0.717) is 24.3 Å². The highest BCUT2D eigenvalue weighted by Gasteiger charge is 2.29. The van der Waals surface area contributed by atoms with Gasteiger partial charge in [-0.05, 0) is 31.8 Å². The zero-order valence-corrected chi connectivity index (χ0v) is 8.76. The van der Waals surface area contributed by atoms with Gasteiger partial charge in [0.1, 0.15) is 0 Å². The van der Waals surface area contributed by atoms with Gasteiger partial charge in [-0.25, -0.2) is 0 Å². The van der Waals surface area contributed by atoms with Crippen molar-refractivity contribution in [2.45, 2.75) is 32.7 Å². The van der Waals surface area contributed by atoms with E-state index in [-0.39, 0.29) is 5.91 Å². The first kappa shape index (κ1) is 10.5. The van der Waals surface area contributed by atoms with Crippen LogP contribution in [0.4, 0.5) is 0 Å². The van der Waals surface area contributed by atoms with E-state index in [0.717, 1.165) is 13.0 Å². The summed E-state index contributed by atoms with van der Waals surface area (Å²) in [6.45, 7) is 5.42. The Morgan fingerprint density at radius 3 is 2.69 bits per heavy atom. The van der Waals surface area contributed by atoms with Gasteiger partial charge in [-0.15, -0.1) is 0 Å². The Morgan fingerprint density at radius 2 is 2.31 bits per heavy atom. The molecular formula is C10H20N2O. The first-order valence-corrected chi connectivity index (χ1v) is 5.09. The molecule has 0 aromatic carbocycles. The molecule has 1 rings (SSSR count). The van der Waals surface area contributed by atoms with Crippen molar-refractivity contribution in [2.75, 3.05) is 13.6 Å². The third-order valence-electron chi connectivity index (χ3n) is 2.84. The molecule has 0 aliphatic carbocycles. The smallest absolute Gasteiger partial charge is 0.220 e. The highest BCUT2D eigenvalue weighted by molar-refractivity contribution is 5.78. The van der Waals surface area contributed by atoms with Crippen LogP contribution >= 0.6 is 0 Å². The fourth-order valence-corrected chi connectivity index (χ4v) is 2.04.